The van der Waals surface area contributed by atoms with E-state index in [0.717, 1.165) is 5.56 Å². The van der Waals surface area contributed by atoms with E-state index in [1.54, 1.807) is 6.26 Å². The van der Waals surface area contributed by atoms with Gasteiger partial charge in [0, 0.05) is 37.8 Å². The number of ketones is 1. The summed E-state index contributed by atoms with van der Waals surface area (Å²) in [5.74, 6) is 0.469. The normalized spacial score (nSPS) is 11.8. The van der Waals surface area contributed by atoms with E-state index in [2.05, 4.69) is 0 Å². The number of hydrogen-bond donors (Lipinski definition) is 0. The largest absolute Gasteiger partial charge is 0.501 e. The lowest BCUT2D eigenvalue weighted by atomic mass is 10.1. The zero-order valence-corrected chi connectivity index (χ0v) is 14.4. The molecular weight excluding hydrogens is 288 g/mol. The summed E-state index contributed by atoms with van der Waals surface area (Å²) in [4.78, 5) is 11.8. The molecule has 0 bridgehead atoms. The number of carbonyl (C=O) groups excluding carboxylic acids is 1. The Hall–Kier alpha value is -0.953. The molecule has 0 aliphatic carbocycles. The van der Waals surface area contributed by atoms with Crippen LogP contribution in [0.1, 0.15) is 50.2 Å². The summed E-state index contributed by atoms with van der Waals surface area (Å²) >= 11 is 0. The summed E-state index contributed by atoms with van der Waals surface area (Å²) < 4.78 is 22.7. The van der Waals surface area contributed by atoms with Gasteiger partial charge in [-0.1, -0.05) is 6.92 Å². The van der Waals surface area contributed by atoms with Crippen LogP contribution in [-0.4, -0.2) is 34.4 Å². The van der Waals surface area contributed by atoms with E-state index < -0.39 is 8.80 Å². The summed E-state index contributed by atoms with van der Waals surface area (Å²) in [6, 6.07) is 2.48. The third-order valence-corrected chi connectivity index (χ3v) is 6.16. The molecule has 5 nitrogen and oxygen atoms in total. The van der Waals surface area contributed by atoms with Gasteiger partial charge < -0.3 is 17.7 Å². The first-order valence-electron chi connectivity index (χ1n) is 7.63. The van der Waals surface area contributed by atoms with Crippen LogP contribution in [0.25, 0.3) is 0 Å². The highest BCUT2D eigenvalue weighted by atomic mass is 28.4. The van der Waals surface area contributed by atoms with E-state index in [0.29, 0.717) is 44.5 Å². The summed E-state index contributed by atoms with van der Waals surface area (Å²) in [6.07, 6.45) is 2.65. The second-order valence-corrected chi connectivity index (χ2v) is 7.27. The zero-order valence-electron chi connectivity index (χ0n) is 13.4. The molecule has 0 aliphatic rings. The van der Waals surface area contributed by atoms with Crippen LogP contribution in [-0.2, 0) is 19.7 Å². The molecule has 0 spiro atoms. The Morgan fingerprint density at radius 1 is 1.10 bits per heavy atom. The highest BCUT2D eigenvalue weighted by molar-refractivity contribution is 6.60. The summed E-state index contributed by atoms with van der Waals surface area (Å²) in [7, 11) is -2.67. The van der Waals surface area contributed by atoms with Gasteiger partial charge in [0.25, 0.3) is 0 Å². The number of hydrogen-bond acceptors (Lipinski definition) is 5. The van der Waals surface area contributed by atoms with Crippen LogP contribution in [0.4, 0.5) is 0 Å². The molecule has 1 aromatic rings. The predicted molar refractivity (Wildman–Crippen MR) is 82.5 cm³/mol. The van der Waals surface area contributed by atoms with Crippen molar-refractivity contribution in [3.05, 3.63) is 23.7 Å². The number of carbonyl (C=O) groups is 1. The fourth-order valence-corrected chi connectivity index (χ4v) is 4.80. The van der Waals surface area contributed by atoms with Crippen molar-refractivity contribution in [2.75, 3.05) is 19.8 Å². The molecule has 6 heteroatoms. The molecule has 0 aliphatic heterocycles. The van der Waals surface area contributed by atoms with Crippen molar-refractivity contribution in [2.24, 2.45) is 0 Å². The maximum Gasteiger partial charge on any atom is 0.501 e. The van der Waals surface area contributed by atoms with Gasteiger partial charge in [0.15, 0.2) is 11.5 Å². The molecule has 0 fully saturated rings. The average Bonchev–Trinajstić information content (AvgIpc) is 2.94. The molecule has 1 heterocycles. The van der Waals surface area contributed by atoms with Crippen molar-refractivity contribution in [1.82, 2.24) is 0 Å². The molecule has 0 saturated carbocycles. The van der Waals surface area contributed by atoms with Crippen molar-refractivity contribution in [3.8, 4) is 0 Å². The minimum absolute atomic E-state index is 0.0199. The van der Waals surface area contributed by atoms with Crippen LogP contribution in [0.2, 0.25) is 6.04 Å². The Balaban J connectivity index is 2.80. The minimum Gasteiger partial charge on any atom is -0.461 e. The van der Waals surface area contributed by atoms with E-state index in [-0.39, 0.29) is 5.78 Å². The van der Waals surface area contributed by atoms with Gasteiger partial charge in [-0.2, -0.15) is 0 Å². The molecule has 120 valence electrons. The van der Waals surface area contributed by atoms with E-state index in [1.807, 2.05) is 33.8 Å². The van der Waals surface area contributed by atoms with Crippen molar-refractivity contribution in [3.63, 3.8) is 0 Å². The summed E-state index contributed by atoms with van der Waals surface area (Å²) in [5, 5.41) is 0. The van der Waals surface area contributed by atoms with Gasteiger partial charge in [0.05, 0.1) is 6.26 Å². The van der Waals surface area contributed by atoms with Crippen LogP contribution >= 0.6 is 0 Å². The van der Waals surface area contributed by atoms with Crippen LogP contribution in [0.3, 0.4) is 0 Å². The molecule has 0 radical (unpaired) electrons. The number of Topliss-reactive ketones (excluding diaryl/α,β-unsaturated/α-hetero) is 1. The van der Waals surface area contributed by atoms with Gasteiger partial charge in [-0.25, -0.2) is 0 Å². The van der Waals surface area contributed by atoms with Crippen molar-refractivity contribution >= 4 is 14.6 Å². The molecule has 1 aromatic heterocycles. The van der Waals surface area contributed by atoms with Gasteiger partial charge >= 0.3 is 8.80 Å². The predicted octanol–water partition coefficient (Wildman–Crippen LogP) is 3.46. The van der Waals surface area contributed by atoms with Crippen molar-refractivity contribution in [2.45, 2.75) is 46.6 Å². The maximum absolute atomic E-state index is 11.8. The third kappa shape index (κ3) is 5.07. The van der Waals surface area contributed by atoms with Crippen LogP contribution in [0.5, 0.6) is 0 Å². The lowest BCUT2D eigenvalue weighted by molar-refractivity contribution is 0.0713. The monoisotopic (exact) mass is 314 g/mol. The van der Waals surface area contributed by atoms with Crippen LogP contribution in [0, 0.1) is 0 Å². The Labute approximate surface area is 127 Å². The topological polar surface area (TPSA) is 57.9 Å². The first-order chi connectivity index (χ1) is 10.1. The SMILES string of the molecule is CCO[Si](CCc1ccoc1C(=O)CC)(OCC)OCC. The first kappa shape index (κ1) is 18.1. The number of rotatable bonds is 11. The lowest BCUT2D eigenvalue weighted by Crippen LogP contribution is -2.46. The lowest BCUT2D eigenvalue weighted by Gasteiger charge is -2.28. The van der Waals surface area contributed by atoms with Crippen molar-refractivity contribution in [1.29, 1.82) is 0 Å². The zero-order chi connectivity index (χ0) is 15.7. The molecule has 0 aromatic carbocycles. The Morgan fingerprint density at radius 3 is 2.14 bits per heavy atom. The maximum atomic E-state index is 11.8. The summed E-state index contributed by atoms with van der Waals surface area (Å²) in [6.45, 7) is 9.29. The van der Waals surface area contributed by atoms with E-state index in [1.165, 1.54) is 0 Å². The molecular formula is C15H26O5Si. The molecule has 0 unspecified atom stereocenters. The molecule has 0 N–H and O–H groups in total. The Morgan fingerprint density at radius 2 is 1.67 bits per heavy atom. The standard InChI is InChI=1S/C15H26O5Si/c1-5-14(16)15-13(9-11-17-15)10-12-21(18-6-2,19-7-3)20-8-4/h9,11H,5-8,10,12H2,1-4H3. The number of furan rings is 1. The second kappa shape index (κ2) is 9.14. The fourth-order valence-electron chi connectivity index (χ4n) is 2.23. The Kier molecular flexibility index (Phi) is 7.88. The van der Waals surface area contributed by atoms with Crippen molar-refractivity contribution < 1.29 is 22.5 Å². The molecule has 1 rings (SSSR count). The molecule has 21 heavy (non-hydrogen) atoms. The van der Waals surface area contributed by atoms with Gasteiger partial charge in [-0.05, 0) is 33.3 Å². The van der Waals surface area contributed by atoms with E-state index >= 15 is 0 Å². The average molecular weight is 314 g/mol. The first-order valence-corrected chi connectivity index (χ1v) is 9.57. The summed E-state index contributed by atoms with van der Waals surface area (Å²) in [5.41, 5.74) is 0.901. The van der Waals surface area contributed by atoms with Gasteiger partial charge in [0.2, 0.25) is 0 Å². The number of aryl methyl sites for hydroxylation is 1. The van der Waals surface area contributed by atoms with Gasteiger partial charge in [0.1, 0.15) is 0 Å². The minimum atomic E-state index is -2.67. The highest BCUT2D eigenvalue weighted by Crippen LogP contribution is 2.22. The highest BCUT2D eigenvalue weighted by Gasteiger charge is 2.40. The molecule has 0 atom stereocenters. The van der Waals surface area contributed by atoms with Crippen LogP contribution < -0.4 is 0 Å². The van der Waals surface area contributed by atoms with E-state index in [4.69, 9.17) is 17.7 Å². The second-order valence-electron chi connectivity index (χ2n) is 4.53. The van der Waals surface area contributed by atoms with Crippen LogP contribution in [0.15, 0.2) is 16.7 Å². The molecule has 0 amide bonds. The van der Waals surface area contributed by atoms with Gasteiger partial charge in [-0.15, -0.1) is 0 Å². The Bertz CT molecular complexity index is 412. The fraction of sp³-hybridized carbons (Fsp3) is 0.667. The third-order valence-electron chi connectivity index (χ3n) is 3.11. The smallest absolute Gasteiger partial charge is 0.461 e. The molecule has 0 saturated heterocycles. The van der Waals surface area contributed by atoms with Gasteiger partial charge in [-0.3, -0.25) is 4.79 Å². The quantitative estimate of drug-likeness (QED) is 0.462. The van der Waals surface area contributed by atoms with E-state index in [9.17, 15) is 4.79 Å².